The maximum Gasteiger partial charge on any atom is 0.275 e. The van der Waals surface area contributed by atoms with Crippen molar-refractivity contribution in [2.45, 2.75) is 51.7 Å². The Balaban J connectivity index is 1.45. The number of aliphatic hydroxyl groups excluding tert-OH is 1. The number of carbonyl (C=O) groups is 2. The van der Waals surface area contributed by atoms with Gasteiger partial charge in [0.2, 0.25) is 5.91 Å². The molecule has 1 saturated heterocycles. The molecule has 1 saturated carbocycles. The molecule has 1 aliphatic heterocycles. The average Bonchev–Trinajstić information content (AvgIpc) is 3.29. The number of carbonyl (C=O) groups excluding carboxylic acids is 2. The summed E-state index contributed by atoms with van der Waals surface area (Å²) >= 11 is 1.42. The van der Waals surface area contributed by atoms with Gasteiger partial charge in [-0.3, -0.25) is 14.6 Å². The summed E-state index contributed by atoms with van der Waals surface area (Å²) in [6.45, 7) is 4.55. The summed E-state index contributed by atoms with van der Waals surface area (Å²) in [6.07, 6.45) is 4.21. The Morgan fingerprint density at radius 2 is 2.11 bits per heavy atom. The smallest absolute Gasteiger partial charge is 0.275 e. The molecule has 0 aromatic carbocycles. The first-order valence-corrected chi connectivity index (χ1v) is 10.5. The summed E-state index contributed by atoms with van der Waals surface area (Å²) in [5.41, 5.74) is 2.88. The van der Waals surface area contributed by atoms with Gasteiger partial charge in [0, 0.05) is 23.5 Å². The predicted molar refractivity (Wildman–Crippen MR) is 106 cm³/mol. The molecule has 4 rings (SSSR count). The van der Waals surface area contributed by atoms with Crippen LogP contribution in [0.3, 0.4) is 0 Å². The van der Waals surface area contributed by atoms with E-state index in [4.69, 9.17) is 0 Å². The normalized spacial score (nSPS) is 24.1. The number of aryl methyl sites for hydroxylation is 2. The van der Waals surface area contributed by atoms with Gasteiger partial charge in [-0.1, -0.05) is 0 Å². The zero-order valence-electron chi connectivity index (χ0n) is 16.0. The number of anilines is 1. The summed E-state index contributed by atoms with van der Waals surface area (Å²) in [7, 11) is 0. The number of rotatable bonds is 4. The van der Waals surface area contributed by atoms with Crippen LogP contribution in [0.25, 0.3) is 0 Å². The molecule has 2 amide bonds. The quantitative estimate of drug-likeness (QED) is 0.823. The lowest BCUT2D eigenvalue weighted by Crippen LogP contribution is -2.43. The van der Waals surface area contributed by atoms with Crippen molar-refractivity contribution < 1.29 is 14.7 Å². The first-order chi connectivity index (χ1) is 13.4. The molecule has 7 nitrogen and oxygen atoms in total. The standard InChI is InChI=1S/C20H24N4O3S/c1-11-6-12(2)21-9-15(11)22-18(26)16-10-28-19(23-16)17-4-3-5-24(17)20(27)13-7-14(25)8-13/h6,9-10,13-14,17,25H,3-5,7-8H2,1-2H3,(H,22,26)/t13?,14?,17-/m1/s1. The highest BCUT2D eigenvalue weighted by molar-refractivity contribution is 7.10. The van der Waals surface area contributed by atoms with Crippen LogP contribution in [0, 0.1) is 19.8 Å². The van der Waals surface area contributed by atoms with Crippen LogP contribution >= 0.6 is 11.3 Å². The van der Waals surface area contributed by atoms with Gasteiger partial charge in [-0.05, 0) is 51.2 Å². The van der Waals surface area contributed by atoms with Crippen molar-refractivity contribution in [1.82, 2.24) is 14.9 Å². The van der Waals surface area contributed by atoms with Crippen LogP contribution in [-0.2, 0) is 4.79 Å². The minimum atomic E-state index is -0.343. The molecule has 0 bridgehead atoms. The molecule has 0 radical (unpaired) electrons. The molecule has 0 unspecified atom stereocenters. The zero-order valence-corrected chi connectivity index (χ0v) is 16.8. The highest BCUT2D eigenvalue weighted by Crippen LogP contribution is 2.38. The number of pyridine rings is 1. The molecule has 2 aromatic heterocycles. The van der Waals surface area contributed by atoms with Crippen molar-refractivity contribution in [2.24, 2.45) is 5.92 Å². The third-order valence-corrected chi connectivity index (χ3v) is 6.48. The molecule has 2 N–H and O–H groups in total. The molecule has 148 valence electrons. The van der Waals surface area contributed by atoms with E-state index in [1.165, 1.54) is 11.3 Å². The maximum absolute atomic E-state index is 12.7. The highest BCUT2D eigenvalue weighted by atomic mass is 32.1. The molecule has 2 aromatic rings. The number of nitrogens with one attached hydrogen (secondary N) is 1. The van der Waals surface area contributed by atoms with Crippen molar-refractivity contribution >= 4 is 28.8 Å². The number of likely N-dealkylation sites (tertiary alicyclic amines) is 1. The summed E-state index contributed by atoms with van der Waals surface area (Å²) in [6, 6.07) is 1.85. The Labute approximate surface area is 167 Å². The van der Waals surface area contributed by atoms with Gasteiger partial charge in [-0.15, -0.1) is 11.3 Å². The Hall–Kier alpha value is -2.32. The van der Waals surface area contributed by atoms with Crippen LogP contribution in [0.1, 0.15) is 58.5 Å². The fourth-order valence-electron chi connectivity index (χ4n) is 3.87. The third kappa shape index (κ3) is 3.66. The molecule has 0 spiro atoms. The van der Waals surface area contributed by atoms with Crippen molar-refractivity contribution in [2.75, 3.05) is 11.9 Å². The molecular weight excluding hydrogens is 376 g/mol. The predicted octanol–water partition coefficient (Wildman–Crippen LogP) is 2.84. The summed E-state index contributed by atoms with van der Waals surface area (Å²) < 4.78 is 0. The van der Waals surface area contributed by atoms with Crippen molar-refractivity contribution in [3.05, 3.63) is 39.6 Å². The minimum Gasteiger partial charge on any atom is -0.393 e. The van der Waals surface area contributed by atoms with Gasteiger partial charge < -0.3 is 15.3 Å². The second kappa shape index (κ2) is 7.60. The van der Waals surface area contributed by atoms with Gasteiger partial charge in [0.05, 0.1) is 24.0 Å². The van der Waals surface area contributed by atoms with E-state index in [1.807, 2.05) is 24.8 Å². The Morgan fingerprint density at radius 3 is 2.82 bits per heavy atom. The lowest BCUT2D eigenvalue weighted by Gasteiger charge is -2.35. The summed E-state index contributed by atoms with van der Waals surface area (Å²) in [5, 5.41) is 14.9. The van der Waals surface area contributed by atoms with Crippen molar-refractivity contribution in [1.29, 1.82) is 0 Å². The second-order valence-electron chi connectivity index (χ2n) is 7.68. The van der Waals surface area contributed by atoms with Gasteiger partial charge in [0.25, 0.3) is 5.91 Å². The molecule has 1 aliphatic carbocycles. The van der Waals surface area contributed by atoms with E-state index in [1.54, 1.807) is 11.6 Å². The lowest BCUT2D eigenvalue weighted by molar-refractivity contribution is -0.143. The largest absolute Gasteiger partial charge is 0.393 e. The summed E-state index contributed by atoms with van der Waals surface area (Å²) in [5.74, 6) is -0.236. The van der Waals surface area contributed by atoms with E-state index >= 15 is 0 Å². The number of aromatic nitrogens is 2. The molecule has 1 atom stereocenters. The Kier molecular flexibility index (Phi) is 5.16. The zero-order chi connectivity index (χ0) is 19.8. The first kappa shape index (κ1) is 19.0. The molecule has 3 heterocycles. The van der Waals surface area contributed by atoms with E-state index in [0.717, 1.165) is 29.1 Å². The number of hydrogen-bond donors (Lipinski definition) is 2. The fourth-order valence-corrected chi connectivity index (χ4v) is 4.82. The lowest BCUT2D eigenvalue weighted by atomic mass is 9.81. The highest BCUT2D eigenvalue weighted by Gasteiger charge is 2.40. The van der Waals surface area contributed by atoms with Crippen LogP contribution in [0.15, 0.2) is 17.6 Å². The fraction of sp³-hybridized carbons (Fsp3) is 0.500. The van der Waals surface area contributed by atoms with Gasteiger partial charge in [0.1, 0.15) is 10.7 Å². The SMILES string of the molecule is Cc1cc(C)c(NC(=O)c2csc([C@H]3CCCN3C(=O)C3CC(O)C3)n2)cn1. The van der Waals surface area contributed by atoms with Gasteiger partial charge in [0.15, 0.2) is 0 Å². The van der Waals surface area contributed by atoms with Gasteiger partial charge >= 0.3 is 0 Å². The maximum atomic E-state index is 12.7. The number of aliphatic hydroxyl groups is 1. The number of thiazole rings is 1. The Bertz CT molecular complexity index is 907. The van der Waals surface area contributed by atoms with E-state index in [2.05, 4.69) is 15.3 Å². The number of hydrogen-bond acceptors (Lipinski definition) is 6. The second-order valence-corrected chi connectivity index (χ2v) is 8.57. The van der Waals surface area contributed by atoms with Crippen LogP contribution in [0.2, 0.25) is 0 Å². The van der Waals surface area contributed by atoms with Crippen LogP contribution in [0.4, 0.5) is 5.69 Å². The molecular formula is C20H24N4O3S. The van der Waals surface area contributed by atoms with E-state index < -0.39 is 0 Å². The molecule has 2 fully saturated rings. The summed E-state index contributed by atoms with van der Waals surface area (Å²) in [4.78, 5) is 35.9. The Morgan fingerprint density at radius 1 is 1.32 bits per heavy atom. The van der Waals surface area contributed by atoms with Crippen LogP contribution < -0.4 is 5.32 Å². The van der Waals surface area contributed by atoms with E-state index in [0.29, 0.717) is 30.8 Å². The molecule has 28 heavy (non-hydrogen) atoms. The molecule has 8 heteroatoms. The van der Waals surface area contributed by atoms with E-state index in [9.17, 15) is 14.7 Å². The van der Waals surface area contributed by atoms with E-state index in [-0.39, 0.29) is 29.9 Å². The van der Waals surface area contributed by atoms with Gasteiger partial charge in [-0.25, -0.2) is 4.98 Å². The van der Waals surface area contributed by atoms with Crippen molar-refractivity contribution in [3.63, 3.8) is 0 Å². The number of amides is 2. The minimum absolute atomic E-state index is 0.0698. The third-order valence-electron chi connectivity index (χ3n) is 5.53. The average molecular weight is 401 g/mol. The van der Waals surface area contributed by atoms with Crippen LogP contribution in [-0.4, -0.2) is 44.4 Å². The molecule has 2 aliphatic rings. The topological polar surface area (TPSA) is 95.4 Å². The number of nitrogens with zero attached hydrogens (tertiary/aromatic N) is 3. The van der Waals surface area contributed by atoms with Gasteiger partial charge in [-0.2, -0.15) is 0 Å². The first-order valence-electron chi connectivity index (χ1n) is 9.61. The monoisotopic (exact) mass is 400 g/mol. The van der Waals surface area contributed by atoms with Crippen LogP contribution in [0.5, 0.6) is 0 Å². The van der Waals surface area contributed by atoms with Crippen molar-refractivity contribution in [3.8, 4) is 0 Å².